The molecule has 1 rings (SSSR count). The molecule has 0 aliphatic rings. The van der Waals surface area contributed by atoms with Gasteiger partial charge >= 0.3 is 5.97 Å². The number of carbonyl (C=O) groups is 2. The molecule has 0 spiro atoms. The molecule has 15 heavy (non-hydrogen) atoms. The van der Waals surface area contributed by atoms with Crippen molar-refractivity contribution in [3.8, 4) is 0 Å². The second-order valence-electron chi connectivity index (χ2n) is 2.90. The van der Waals surface area contributed by atoms with E-state index in [1.54, 1.807) is 24.5 Å². The number of ether oxygens (including phenoxy) is 1. The molecule has 0 radical (unpaired) electrons. The molecule has 1 aromatic heterocycles. The number of rotatable bonds is 5. The zero-order valence-electron chi connectivity index (χ0n) is 8.34. The first-order valence-electron chi connectivity index (χ1n) is 4.44. The minimum Gasteiger partial charge on any atom is -0.469 e. The maximum Gasteiger partial charge on any atom is 0.307 e. The predicted molar refractivity (Wildman–Crippen MR) is 52.8 cm³/mol. The van der Waals surface area contributed by atoms with Crippen LogP contribution < -0.4 is 5.32 Å². The lowest BCUT2D eigenvalue weighted by molar-refractivity contribution is -0.141. The highest BCUT2D eigenvalue weighted by Crippen LogP contribution is 2.15. The molecule has 0 saturated carbocycles. The van der Waals surface area contributed by atoms with Crippen molar-refractivity contribution in [3.63, 3.8) is 0 Å². The molecule has 1 N–H and O–H groups in total. The van der Waals surface area contributed by atoms with Gasteiger partial charge in [-0.1, -0.05) is 6.07 Å². The summed E-state index contributed by atoms with van der Waals surface area (Å²) in [6.45, 7) is 0. The molecule has 1 atom stereocenters. The number of amides is 1. The lowest BCUT2D eigenvalue weighted by Crippen LogP contribution is -2.23. The summed E-state index contributed by atoms with van der Waals surface area (Å²) >= 11 is 0. The van der Waals surface area contributed by atoms with E-state index >= 15 is 0 Å². The van der Waals surface area contributed by atoms with E-state index in [-0.39, 0.29) is 18.4 Å². The van der Waals surface area contributed by atoms with E-state index in [1.165, 1.54) is 7.11 Å². The molecule has 0 unspecified atom stereocenters. The fourth-order valence-corrected chi connectivity index (χ4v) is 1.19. The highest BCUT2D eigenvalue weighted by molar-refractivity contribution is 5.70. The van der Waals surface area contributed by atoms with Crippen LogP contribution in [-0.4, -0.2) is 24.5 Å². The normalized spacial score (nSPS) is 11.5. The summed E-state index contributed by atoms with van der Waals surface area (Å²) in [5.41, 5.74) is 0.773. The summed E-state index contributed by atoms with van der Waals surface area (Å²) < 4.78 is 4.53. The van der Waals surface area contributed by atoms with Gasteiger partial charge in [0.15, 0.2) is 0 Å². The predicted octanol–water partition coefficient (Wildman–Crippen LogP) is 0.432. The second-order valence-corrected chi connectivity index (χ2v) is 2.90. The van der Waals surface area contributed by atoms with Crippen molar-refractivity contribution in [1.29, 1.82) is 0 Å². The standard InChI is InChI=1S/C10H12N2O3/c1-15-10(14)5-9(12-7-13)8-3-2-4-11-6-8/h2-4,6-7,9H,5H2,1H3,(H,12,13)/t9-/m0/s1. The van der Waals surface area contributed by atoms with Gasteiger partial charge in [-0.15, -0.1) is 0 Å². The van der Waals surface area contributed by atoms with E-state index in [1.807, 2.05) is 0 Å². The maximum absolute atomic E-state index is 11.1. The molecule has 1 heterocycles. The van der Waals surface area contributed by atoms with Gasteiger partial charge in [0.2, 0.25) is 6.41 Å². The summed E-state index contributed by atoms with van der Waals surface area (Å²) in [5.74, 6) is -0.377. The summed E-state index contributed by atoms with van der Waals surface area (Å²) in [6, 6.07) is 3.15. The van der Waals surface area contributed by atoms with Crippen LogP contribution in [-0.2, 0) is 14.3 Å². The van der Waals surface area contributed by atoms with Crippen LogP contribution in [0.1, 0.15) is 18.0 Å². The molecule has 1 amide bonds. The molecule has 0 saturated heterocycles. The number of esters is 1. The Kier molecular flexibility index (Phi) is 4.28. The molecule has 0 aliphatic carbocycles. The van der Waals surface area contributed by atoms with Gasteiger partial charge in [-0.05, 0) is 11.6 Å². The van der Waals surface area contributed by atoms with Crippen molar-refractivity contribution in [2.45, 2.75) is 12.5 Å². The maximum atomic E-state index is 11.1. The van der Waals surface area contributed by atoms with Crippen LogP contribution in [0.25, 0.3) is 0 Å². The van der Waals surface area contributed by atoms with Gasteiger partial charge < -0.3 is 10.1 Å². The van der Waals surface area contributed by atoms with Crippen molar-refractivity contribution in [1.82, 2.24) is 10.3 Å². The SMILES string of the molecule is COC(=O)C[C@H](NC=O)c1cccnc1. The van der Waals surface area contributed by atoms with Gasteiger partial charge in [-0.3, -0.25) is 14.6 Å². The van der Waals surface area contributed by atoms with Crippen LogP contribution in [0.3, 0.4) is 0 Å². The fraction of sp³-hybridized carbons (Fsp3) is 0.300. The molecule has 0 aliphatic heterocycles. The number of carbonyl (C=O) groups excluding carboxylic acids is 2. The Morgan fingerprint density at radius 2 is 2.53 bits per heavy atom. The van der Waals surface area contributed by atoms with Crippen molar-refractivity contribution in [2.24, 2.45) is 0 Å². The lowest BCUT2D eigenvalue weighted by Gasteiger charge is -2.14. The quantitative estimate of drug-likeness (QED) is 0.563. The smallest absolute Gasteiger partial charge is 0.307 e. The molecule has 0 aromatic carbocycles. The lowest BCUT2D eigenvalue weighted by atomic mass is 10.1. The third-order valence-corrected chi connectivity index (χ3v) is 1.95. The Morgan fingerprint density at radius 1 is 1.73 bits per heavy atom. The van der Waals surface area contributed by atoms with Crippen LogP contribution in [0.2, 0.25) is 0 Å². The Morgan fingerprint density at radius 3 is 3.07 bits per heavy atom. The van der Waals surface area contributed by atoms with E-state index in [2.05, 4.69) is 15.0 Å². The van der Waals surface area contributed by atoms with Crippen molar-refractivity contribution >= 4 is 12.4 Å². The summed E-state index contributed by atoms with van der Waals surface area (Å²) in [4.78, 5) is 25.4. The highest BCUT2D eigenvalue weighted by Gasteiger charge is 2.15. The number of hydrogen-bond acceptors (Lipinski definition) is 4. The van der Waals surface area contributed by atoms with E-state index < -0.39 is 0 Å². The second kappa shape index (κ2) is 5.74. The number of hydrogen-bond donors (Lipinski definition) is 1. The third-order valence-electron chi connectivity index (χ3n) is 1.95. The molecular weight excluding hydrogens is 196 g/mol. The van der Waals surface area contributed by atoms with Gasteiger partial charge in [0, 0.05) is 12.4 Å². The fourth-order valence-electron chi connectivity index (χ4n) is 1.19. The first kappa shape index (κ1) is 11.2. The topological polar surface area (TPSA) is 68.3 Å². The molecule has 1 aromatic rings. The Bertz CT molecular complexity index is 327. The van der Waals surface area contributed by atoms with Gasteiger partial charge in [-0.25, -0.2) is 0 Å². The molecule has 0 fully saturated rings. The monoisotopic (exact) mass is 208 g/mol. The largest absolute Gasteiger partial charge is 0.469 e. The summed E-state index contributed by atoms with van der Waals surface area (Å²) in [6.07, 6.45) is 3.88. The minimum atomic E-state index is -0.386. The van der Waals surface area contributed by atoms with Gasteiger partial charge in [-0.2, -0.15) is 0 Å². The first-order valence-corrected chi connectivity index (χ1v) is 4.44. The van der Waals surface area contributed by atoms with Crippen molar-refractivity contribution in [2.75, 3.05) is 7.11 Å². The molecule has 80 valence electrons. The zero-order valence-corrected chi connectivity index (χ0v) is 8.34. The Balaban J connectivity index is 2.74. The first-order chi connectivity index (χ1) is 7.27. The number of methoxy groups -OCH3 is 1. The number of nitrogens with zero attached hydrogens (tertiary/aromatic N) is 1. The van der Waals surface area contributed by atoms with Crippen molar-refractivity contribution < 1.29 is 14.3 Å². The summed E-state index contributed by atoms with van der Waals surface area (Å²) in [5, 5.41) is 2.54. The molecular formula is C10H12N2O3. The van der Waals surface area contributed by atoms with Crippen LogP contribution in [0.4, 0.5) is 0 Å². The molecule has 0 bridgehead atoms. The number of aromatic nitrogens is 1. The van der Waals surface area contributed by atoms with Gasteiger partial charge in [0.05, 0.1) is 19.6 Å². The van der Waals surface area contributed by atoms with E-state index in [4.69, 9.17) is 0 Å². The van der Waals surface area contributed by atoms with Crippen LogP contribution in [0.5, 0.6) is 0 Å². The minimum absolute atomic E-state index is 0.0981. The third kappa shape index (κ3) is 3.38. The van der Waals surface area contributed by atoms with Crippen LogP contribution in [0.15, 0.2) is 24.5 Å². The highest BCUT2D eigenvalue weighted by atomic mass is 16.5. The average Bonchev–Trinajstić information content (AvgIpc) is 2.29. The Hall–Kier alpha value is -1.91. The number of nitrogens with one attached hydrogen (secondary N) is 1. The van der Waals surface area contributed by atoms with E-state index in [0.29, 0.717) is 6.41 Å². The molecule has 5 heteroatoms. The van der Waals surface area contributed by atoms with Crippen LogP contribution in [0, 0.1) is 0 Å². The number of pyridine rings is 1. The van der Waals surface area contributed by atoms with E-state index in [0.717, 1.165) is 5.56 Å². The van der Waals surface area contributed by atoms with Crippen LogP contribution >= 0.6 is 0 Å². The van der Waals surface area contributed by atoms with E-state index in [9.17, 15) is 9.59 Å². The average molecular weight is 208 g/mol. The summed E-state index contributed by atoms with van der Waals surface area (Å²) in [7, 11) is 1.31. The van der Waals surface area contributed by atoms with Crippen molar-refractivity contribution in [3.05, 3.63) is 30.1 Å². The Labute approximate surface area is 87.5 Å². The van der Waals surface area contributed by atoms with Gasteiger partial charge in [0.25, 0.3) is 0 Å². The molecule has 5 nitrogen and oxygen atoms in total. The zero-order chi connectivity index (χ0) is 11.1. The van der Waals surface area contributed by atoms with Gasteiger partial charge in [0.1, 0.15) is 0 Å².